The van der Waals surface area contributed by atoms with Crippen molar-refractivity contribution in [1.82, 2.24) is 9.88 Å². The normalized spacial score (nSPS) is 10.8. The number of pyridine rings is 1. The maximum atomic E-state index is 5.50. The molecule has 0 aliphatic heterocycles. The number of anilines is 1. The summed E-state index contributed by atoms with van der Waals surface area (Å²) in [7, 11) is 4.18. The van der Waals surface area contributed by atoms with Crippen molar-refractivity contribution in [2.24, 2.45) is 0 Å². The van der Waals surface area contributed by atoms with E-state index in [0.717, 1.165) is 18.1 Å². The van der Waals surface area contributed by atoms with Gasteiger partial charge in [0.05, 0.1) is 0 Å². The molecule has 1 rings (SSSR count). The van der Waals surface area contributed by atoms with Gasteiger partial charge in [-0.25, -0.2) is 4.98 Å². The predicted molar refractivity (Wildman–Crippen MR) is 63.4 cm³/mol. The fraction of sp³-hybridized carbons (Fsp3) is 0.500. The fourth-order valence-electron chi connectivity index (χ4n) is 0.958. The average Bonchev–Trinajstić information content (AvgIpc) is 2.15. The van der Waals surface area contributed by atoms with Gasteiger partial charge in [0.1, 0.15) is 5.82 Å². The minimum absolute atomic E-state index is 0.590. The summed E-state index contributed by atoms with van der Waals surface area (Å²) in [6, 6.07) is 3.88. The Morgan fingerprint density at radius 1 is 1.43 bits per heavy atom. The molecule has 0 radical (unpaired) electrons. The summed E-state index contributed by atoms with van der Waals surface area (Å²) in [4.78, 5) is 6.24. The Kier molecular flexibility index (Phi) is 4.76. The number of nitrogen functional groups attached to an aromatic ring is 1. The molecule has 2 N–H and O–H groups in total. The second-order valence-corrected chi connectivity index (χ2v) is 4.55. The van der Waals surface area contributed by atoms with Crippen molar-refractivity contribution < 1.29 is 0 Å². The Morgan fingerprint density at radius 2 is 2.21 bits per heavy atom. The molecule has 1 heterocycles. The average molecular weight is 211 g/mol. The highest BCUT2D eigenvalue weighted by Gasteiger charge is 1.95. The molecular weight excluding hydrogens is 194 g/mol. The van der Waals surface area contributed by atoms with Crippen molar-refractivity contribution in [1.29, 1.82) is 0 Å². The first-order chi connectivity index (χ1) is 6.68. The zero-order valence-electron chi connectivity index (χ0n) is 8.73. The van der Waals surface area contributed by atoms with Gasteiger partial charge in [-0.05, 0) is 25.7 Å². The smallest absolute Gasteiger partial charge is 0.123 e. The molecule has 0 saturated heterocycles. The third-order valence-electron chi connectivity index (χ3n) is 1.80. The molecule has 0 aliphatic carbocycles. The lowest BCUT2D eigenvalue weighted by atomic mass is 10.3. The van der Waals surface area contributed by atoms with Crippen molar-refractivity contribution >= 4 is 17.6 Å². The predicted octanol–water partition coefficient (Wildman–Crippen LogP) is 1.46. The van der Waals surface area contributed by atoms with Crippen LogP contribution in [0.25, 0.3) is 0 Å². The van der Waals surface area contributed by atoms with E-state index in [2.05, 4.69) is 24.0 Å². The molecule has 14 heavy (non-hydrogen) atoms. The lowest BCUT2D eigenvalue weighted by molar-refractivity contribution is 0.437. The summed E-state index contributed by atoms with van der Waals surface area (Å²) in [5.74, 6) is 2.76. The molecule has 0 aliphatic rings. The lowest BCUT2D eigenvalue weighted by Crippen LogP contribution is -2.14. The minimum Gasteiger partial charge on any atom is -0.384 e. The first-order valence-electron chi connectivity index (χ1n) is 4.61. The van der Waals surface area contributed by atoms with Crippen LogP contribution in [0.1, 0.15) is 5.56 Å². The monoisotopic (exact) mass is 211 g/mol. The molecule has 0 unspecified atom stereocenters. The fourth-order valence-corrected chi connectivity index (χ4v) is 2.00. The highest BCUT2D eigenvalue weighted by atomic mass is 32.2. The number of hydrogen-bond donors (Lipinski definition) is 1. The van der Waals surface area contributed by atoms with Gasteiger partial charge >= 0.3 is 0 Å². The highest BCUT2D eigenvalue weighted by molar-refractivity contribution is 7.98. The van der Waals surface area contributed by atoms with E-state index in [0.29, 0.717) is 5.82 Å². The van der Waals surface area contributed by atoms with Crippen LogP contribution in [-0.4, -0.2) is 36.3 Å². The van der Waals surface area contributed by atoms with Gasteiger partial charge < -0.3 is 10.6 Å². The Bertz CT molecular complexity index is 259. The molecule has 1 aromatic rings. The number of nitrogens with two attached hydrogens (primary N) is 1. The van der Waals surface area contributed by atoms with E-state index in [1.165, 1.54) is 5.56 Å². The van der Waals surface area contributed by atoms with Crippen LogP contribution in [0.3, 0.4) is 0 Å². The minimum atomic E-state index is 0.590. The van der Waals surface area contributed by atoms with Gasteiger partial charge in [-0.1, -0.05) is 6.07 Å². The number of aromatic nitrogens is 1. The van der Waals surface area contributed by atoms with Crippen LogP contribution in [0.15, 0.2) is 18.3 Å². The number of hydrogen-bond acceptors (Lipinski definition) is 4. The number of rotatable bonds is 5. The van der Waals surface area contributed by atoms with Crippen LogP contribution >= 0.6 is 11.8 Å². The quantitative estimate of drug-likeness (QED) is 0.749. The molecule has 0 atom stereocenters. The van der Waals surface area contributed by atoms with Gasteiger partial charge in [-0.2, -0.15) is 11.8 Å². The first kappa shape index (κ1) is 11.3. The topological polar surface area (TPSA) is 42.1 Å². The van der Waals surface area contributed by atoms with Crippen LogP contribution < -0.4 is 5.73 Å². The second kappa shape index (κ2) is 5.88. The molecule has 3 nitrogen and oxygen atoms in total. The molecule has 0 spiro atoms. The van der Waals surface area contributed by atoms with Crippen molar-refractivity contribution in [3.8, 4) is 0 Å². The van der Waals surface area contributed by atoms with Crippen LogP contribution in [0.5, 0.6) is 0 Å². The van der Waals surface area contributed by atoms with Gasteiger partial charge in [0.2, 0.25) is 0 Å². The van der Waals surface area contributed by atoms with E-state index in [1.807, 2.05) is 30.1 Å². The summed E-state index contributed by atoms with van der Waals surface area (Å²) < 4.78 is 0. The molecule has 78 valence electrons. The summed E-state index contributed by atoms with van der Waals surface area (Å²) in [5, 5.41) is 0. The van der Waals surface area contributed by atoms with Gasteiger partial charge in [0.25, 0.3) is 0 Å². The zero-order chi connectivity index (χ0) is 10.4. The number of thioether (sulfide) groups is 1. The molecule has 0 saturated carbocycles. The molecule has 0 amide bonds. The molecule has 4 heteroatoms. The van der Waals surface area contributed by atoms with Gasteiger partial charge in [-0.15, -0.1) is 0 Å². The summed E-state index contributed by atoms with van der Waals surface area (Å²) in [6.07, 6.45) is 1.85. The first-order valence-corrected chi connectivity index (χ1v) is 5.77. The standard InChI is InChI=1S/C10H17N3S/c1-13(2)5-6-14-8-9-3-4-10(11)12-7-9/h3-4,7H,5-6,8H2,1-2H3,(H2,11,12). The van der Waals surface area contributed by atoms with E-state index in [4.69, 9.17) is 5.73 Å². The third kappa shape index (κ3) is 4.48. The molecule has 0 aromatic carbocycles. The van der Waals surface area contributed by atoms with Crippen LogP contribution in [-0.2, 0) is 5.75 Å². The Hall–Kier alpha value is -0.740. The van der Waals surface area contributed by atoms with Crippen LogP contribution in [0, 0.1) is 0 Å². The van der Waals surface area contributed by atoms with E-state index >= 15 is 0 Å². The van der Waals surface area contributed by atoms with Crippen molar-refractivity contribution in [3.63, 3.8) is 0 Å². The van der Waals surface area contributed by atoms with Crippen LogP contribution in [0.4, 0.5) is 5.82 Å². The molecule has 1 aromatic heterocycles. The van der Waals surface area contributed by atoms with Gasteiger partial charge in [0.15, 0.2) is 0 Å². The Morgan fingerprint density at radius 3 is 2.79 bits per heavy atom. The van der Waals surface area contributed by atoms with E-state index < -0.39 is 0 Å². The second-order valence-electron chi connectivity index (χ2n) is 3.45. The van der Waals surface area contributed by atoms with E-state index in [9.17, 15) is 0 Å². The maximum absolute atomic E-state index is 5.50. The SMILES string of the molecule is CN(C)CCSCc1ccc(N)nc1. The van der Waals surface area contributed by atoms with Crippen molar-refractivity contribution in [2.45, 2.75) is 5.75 Å². The van der Waals surface area contributed by atoms with Crippen molar-refractivity contribution in [3.05, 3.63) is 23.9 Å². The van der Waals surface area contributed by atoms with Gasteiger partial charge in [0, 0.05) is 24.2 Å². The molecular formula is C10H17N3S. The summed E-state index contributed by atoms with van der Waals surface area (Å²) in [6.45, 7) is 1.12. The Labute approximate surface area is 89.7 Å². The lowest BCUT2D eigenvalue weighted by Gasteiger charge is -2.08. The Balaban J connectivity index is 2.21. The van der Waals surface area contributed by atoms with Crippen LogP contribution in [0.2, 0.25) is 0 Å². The zero-order valence-corrected chi connectivity index (χ0v) is 9.55. The molecule has 0 fully saturated rings. The largest absolute Gasteiger partial charge is 0.384 e. The summed E-state index contributed by atoms with van der Waals surface area (Å²) in [5.41, 5.74) is 6.74. The van der Waals surface area contributed by atoms with Gasteiger partial charge in [-0.3, -0.25) is 0 Å². The van der Waals surface area contributed by atoms with E-state index in [-0.39, 0.29) is 0 Å². The number of nitrogens with zero attached hydrogens (tertiary/aromatic N) is 2. The third-order valence-corrected chi connectivity index (χ3v) is 2.81. The maximum Gasteiger partial charge on any atom is 0.123 e. The van der Waals surface area contributed by atoms with E-state index in [1.54, 1.807) is 0 Å². The molecule has 0 bridgehead atoms. The highest BCUT2D eigenvalue weighted by Crippen LogP contribution is 2.11. The summed E-state index contributed by atoms with van der Waals surface area (Å²) >= 11 is 1.92. The van der Waals surface area contributed by atoms with Crippen molar-refractivity contribution in [2.75, 3.05) is 32.1 Å².